The zero-order chi connectivity index (χ0) is 21.6. The second-order valence-corrected chi connectivity index (χ2v) is 7.94. The van der Waals surface area contributed by atoms with Gasteiger partial charge in [-0.1, -0.05) is 6.07 Å². The van der Waals surface area contributed by atoms with E-state index in [1.54, 1.807) is 13.3 Å². The largest absolute Gasteiger partial charge is 0.468 e. The predicted octanol–water partition coefficient (Wildman–Crippen LogP) is 2.98. The lowest BCUT2D eigenvalue weighted by atomic mass is 10.2. The molecule has 0 aromatic carbocycles. The van der Waals surface area contributed by atoms with Gasteiger partial charge in [0.2, 0.25) is 0 Å². The molecule has 0 aliphatic carbocycles. The summed E-state index contributed by atoms with van der Waals surface area (Å²) >= 11 is 0. The summed E-state index contributed by atoms with van der Waals surface area (Å²) < 4.78 is 7.56. The van der Waals surface area contributed by atoms with E-state index < -0.39 is 0 Å². The molecule has 4 rings (SSSR count). The molecule has 8 nitrogen and oxygen atoms in total. The van der Waals surface area contributed by atoms with Crippen LogP contribution in [0.3, 0.4) is 0 Å². The molecule has 4 heterocycles. The van der Waals surface area contributed by atoms with E-state index in [1.165, 1.54) is 12.8 Å². The van der Waals surface area contributed by atoms with E-state index in [0.29, 0.717) is 6.54 Å². The Kier molecular flexibility index (Phi) is 6.66. The van der Waals surface area contributed by atoms with Gasteiger partial charge in [-0.15, -0.1) is 0 Å². The van der Waals surface area contributed by atoms with Gasteiger partial charge in [0.1, 0.15) is 5.76 Å². The number of nitrogens with zero attached hydrogens (tertiary/aromatic N) is 5. The lowest BCUT2D eigenvalue weighted by Gasteiger charge is -2.26. The van der Waals surface area contributed by atoms with Crippen LogP contribution in [0.5, 0.6) is 0 Å². The van der Waals surface area contributed by atoms with Gasteiger partial charge in [-0.2, -0.15) is 5.10 Å². The van der Waals surface area contributed by atoms with Crippen molar-refractivity contribution < 1.29 is 4.42 Å². The Morgan fingerprint density at radius 3 is 2.65 bits per heavy atom. The lowest BCUT2D eigenvalue weighted by Crippen LogP contribution is -2.42. The van der Waals surface area contributed by atoms with Crippen LogP contribution in [0, 0.1) is 13.8 Å². The van der Waals surface area contributed by atoms with Gasteiger partial charge in [-0.05, 0) is 69.6 Å². The molecule has 1 aliphatic rings. The third-order valence-corrected chi connectivity index (χ3v) is 5.64. The Bertz CT molecular complexity index is 986. The van der Waals surface area contributed by atoms with Crippen LogP contribution in [-0.2, 0) is 6.54 Å². The summed E-state index contributed by atoms with van der Waals surface area (Å²) in [7, 11) is 1.79. The zero-order valence-corrected chi connectivity index (χ0v) is 18.5. The first-order valence-corrected chi connectivity index (χ1v) is 10.8. The minimum Gasteiger partial charge on any atom is -0.468 e. The number of aromatic nitrogens is 3. The van der Waals surface area contributed by atoms with Crippen molar-refractivity contribution in [1.29, 1.82) is 0 Å². The molecule has 31 heavy (non-hydrogen) atoms. The summed E-state index contributed by atoms with van der Waals surface area (Å²) in [4.78, 5) is 11.4. The number of pyridine rings is 1. The van der Waals surface area contributed by atoms with Crippen molar-refractivity contribution in [2.24, 2.45) is 4.99 Å². The van der Waals surface area contributed by atoms with Crippen molar-refractivity contribution in [2.75, 3.05) is 26.7 Å². The molecule has 0 bridgehead atoms. The van der Waals surface area contributed by atoms with Crippen molar-refractivity contribution in [3.8, 4) is 5.82 Å². The Morgan fingerprint density at radius 1 is 1.19 bits per heavy atom. The first kappa shape index (κ1) is 21.1. The van der Waals surface area contributed by atoms with Gasteiger partial charge in [0.15, 0.2) is 11.8 Å². The van der Waals surface area contributed by atoms with Gasteiger partial charge in [-0.3, -0.25) is 9.89 Å². The molecule has 8 heteroatoms. The third kappa shape index (κ3) is 5.14. The third-order valence-electron chi connectivity index (χ3n) is 5.64. The van der Waals surface area contributed by atoms with E-state index in [-0.39, 0.29) is 6.04 Å². The molecule has 0 radical (unpaired) electrons. The van der Waals surface area contributed by atoms with Gasteiger partial charge in [-0.25, -0.2) is 9.67 Å². The van der Waals surface area contributed by atoms with Gasteiger partial charge in [0, 0.05) is 32.0 Å². The number of guanidine groups is 1. The lowest BCUT2D eigenvalue weighted by molar-refractivity contribution is 0.215. The van der Waals surface area contributed by atoms with Crippen LogP contribution in [0.15, 0.2) is 52.2 Å². The van der Waals surface area contributed by atoms with Crippen LogP contribution in [0.25, 0.3) is 5.82 Å². The fourth-order valence-corrected chi connectivity index (χ4v) is 4.05. The van der Waals surface area contributed by atoms with Crippen LogP contribution >= 0.6 is 0 Å². The van der Waals surface area contributed by atoms with Crippen molar-refractivity contribution in [3.05, 3.63) is 65.5 Å². The SMILES string of the molecule is CN=C(NCc1ccc(-n2nc(C)cc2C)nc1)NCC(c1ccco1)N1CCCC1. The molecule has 3 aromatic rings. The first-order valence-electron chi connectivity index (χ1n) is 10.8. The second-order valence-electron chi connectivity index (χ2n) is 7.94. The molecule has 0 saturated carbocycles. The summed E-state index contributed by atoms with van der Waals surface area (Å²) in [6.07, 6.45) is 6.10. The number of aryl methyl sites for hydroxylation is 2. The quantitative estimate of drug-likeness (QED) is 0.451. The van der Waals surface area contributed by atoms with E-state index in [9.17, 15) is 0 Å². The summed E-state index contributed by atoms with van der Waals surface area (Å²) in [6, 6.07) is 10.3. The van der Waals surface area contributed by atoms with Crippen LogP contribution < -0.4 is 10.6 Å². The van der Waals surface area contributed by atoms with E-state index in [0.717, 1.165) is 54.1 Å². The first-order chi connectivity index (χ1) is 15.1. The highest BCUT2D eigenvalue weighted by Crippen LogP contribution is 2.24. The van der Waals surface area contributed by atoms with Crippen molar-refractivity contribution >= 4 is 5.96 Å². The maximum Gasteiger partial charge on any atom is 0.191 e. The van der Waals surface area contributed by atoms with Gasteiger partial charge < -0.3 is 15.1 Å². The smallest absolute Gasteiger partial charge is 0.191 e. The number of hydrogen-bond acceptors (Lipinski definition) is 5. The van der Waals surface area contributed by atoms with E-state index in [2.05, 4.69) is 42.7 Å². The van der Waals surface area contributed by atoms with Crippen LogP contribution in [0.2, 0.25) is 0 Å². The highest BCUT2D eigenvalue weighted by molar-refractivity contribution is 5.79. The number of nitrogens with one attached hydrogen (secondary N) is 2. The number of furan rings is 1. The van der Waals surface area contributed by atoms with Crippen molar-refractivity contribution in [2.45, 2.75) is 39.3 Å². The molecule has 1 fully saturated rings. The number of rotatable bonds is 7. The Morgan fingerprint density at radius 2 is 2.03 bits per heavy atom. The molecular formula is C23H31N7O. The van der Waals surface area contributed by atoms with Crippen molar-refractivity contribution in [3.63, 3.8) is 0 Å². The Balaban J connectivity index is 1.33. The van der Waals surface area contributed by atoms with Crippen molar-refractivity contribution in [1.82, 2.24) is 30.3 Å². The standard InChI is InChI=1S/C23H31N7O/c1-17-13-18(2)30(28-17)22-9-8-19(14-25-22)15-26-23(24-3)27-16-20(21-7-6-12-31-21)29-10-4-5-11-29/h6-9,12-14,20H,4-5,10-11,15-16H2,1-3H3,(H2,24,26,27). The molecule has 1 aliphatic heterocycles. The highest BCUT2D eigenvalue weighted by atomic mass is 16.3. The number of aliphatic imine (C=N–C) groups is 1. The molecular weight excluding hydrogens is 390 g/mol. The highest BCUT2D eigenvalue weighted by Gasteiger charge is 2.25. The average molecular weight is 422 g/mol. The summed E-state index contributed by atoms with van der Waals surface area (Å²) in [5, 5.41) is 11.3. The molecule has 0 amide bonds. The fraction of sp³-hybridized carbons (Fsp3) is 0.435. The Hall–Kier alpha value is -3.13. The molecule has 3 aromatic heterocycles. The maximum absolute atomic E-state index is 5.70. The molecule has 164 valence electrons. The van der Waals surface area contributed by atoms with Gasteiger partial charge in [0.25, 0.3) is 0 Å². The second kappa shape index (κ2) is 9.78. The molecule has 2 N–H and O–H groups in total. The van der Waals surface area contributed by atoms with E-state index >= 15 is 0 Å². The summed E-state index contributed by atoms with van der Waals surface area (Å²) in [5.41, 5.74) is 3.14. The topological polar surface area (TPSA) is 83.5 Å². The fourth-order valence-electron chi connectivity index (χ4n) is 4.05. The Labute approximate surface area is 183 Å². The molecule has 1 atom stereocenters. The van der Waals surface area contributed by atoms with Crippen LogP contribution in [0.1, 0.15) is 41.6 Å². The summed E-state index contributed by atoms with van der Waals surface area (Å²) in [6.45, 7) is 7.60. The minimum absolute atomic E-state index is 0.206. The average Bonchev–Trinajstić information content (AvgIpc) is 3.54. The van der Waals surface area contributed by atoms with Gasteiger partial charge in [0.05, 0.1) is 18.0 Å². The summed E-state index contributed by atoms with van der Waals surface area (Å²) in [5.74, 6) is 2.58. The normalized spacial score (nSPS) is 15.9. The number of hydrogen-bond donors (Lipinski definition) is 2. The maximum atomic E-state index is 5.70. The molecule has 0 spiro atoms. The van der Waals surface area contributed by atoms with Crippen LogP contribution in [0.4, 0.5) is 0 Å². The van der Waals surface area contributed by atoms with Crippen LogP contribution in [-0.4, -0.2) is 52.3 Å². The number of likely N-dealkylation sites (tertiary alicyclic amines) is 1. The zero-order valence-electron chi connectivity index (χ0n) is 18.5. The van der Waals surface area contributed by atoms with Gasteiger partial charge >= 0.3 is 0 Å². The van der Waals surface area contributed by atoms with E-state index in [4.69, 9.17) is 4.42 Å². The molecule has 1 unspecified atom stereocenters. The predicted molar refractivity (Wildman–Crippen MR) is 121 cm³/mol. The monoisotopic (exact) mass is 421 g/mol. The van der Waals surface area contributed by atoms with E-state index in [1.807, 2.05) is 42.9 Å². The molecule has 1 saturated heterocycles. The minimum atomic E-state index is 0.206.